The SMILES string of the molecule is Cc1cccc(-c2n[nH]c(=S)n2CCC(=O)N2CCN(Cc3ccccc3C)CC2)c1. The van der Waals surface area contributed by atoms with Crippen LogP contribution in [0.1, 0.15) is 23.1 Å². The standard InChI is InChI=1S/C24H29N5OS/c1-18-6-5-9-20(16-18)23-25-26-24(31)29(23)11-10-22(30)28-14-12-27(13-15-28)17-21-8-4-3-7-19(21)2/h3-9,16H,10-15,17H2,1-2H3,(H,26,31). The fraction of sp³-hybridized carbons (Fsp3) is 0.375. The molecule has 1 aliphatic heterocycles. The van der Waals surface area contributed by atoms with Crippen molar-refractivity contribution in [2.45, 2.75) is 33.4 Å². The molecule has 1 aromatic heterocycles. The highest BCUT2D eigenvalue weighted by Gasteiger charge is 2.22. The minimum atomic E-state index is 0.175. The zero-order chi connectivity index (χ0) is 21.8. The van der Waals surface area contributed by atoms with Gasteiger partial charge in [0.1, 0.15) is 0 Å². The van der Waals surface area contributed by atoms with Crippen LogP contribution in [0.2, 0.25) is 0 Å². The second-order valence-corrected chi connectivity index (χ2v) is 8.59. The van der Waals surface area contributed by atoms with Crippen molar-refractivity contribution in [1.82, 2.24) is 24.6 Å². The molecule has 6 nitrogen and oxygen atoms in total. The fourth-order valence-corrected chi connectivity index (χ4v) is 4.30. The normalized spacial score (nSPS) is 14.7. The predicted octanol–water partition coefficient (Wildman–Crippen LogP) is 3.96. The summed E-state index contributed by atoms with van der Waals surface area (Å²) in [7, 11) is 0. The molecule has 162 valence electrons. The smallest absolute Gasteiger partial charge is 0.224 e. The maximum absolute atomic E-state index is 12.9. The minimum Gasteiger partial charge on any atom is -0.340 e. The molecule has 0 saturated carbocycles. The number of hydrogen-bond donors (Lipinski definition) is 1. The number of rotatable bonds is 6. The highest BCUT2D eigenvalue weighted by atomic mass is 32.1. The maximum atomic E-state index is 12.9. The Morgan fingerprint density at radius 1 is 1.06 bits per heavy atom. The first-order valence-electron chi connectivity index (χ1n) is 10.8. The minimum absolute atomic E-state index is 0.175. The second-order valence-electron chi connectivity index (χ2n) is 8.21. The Morgan fingerprint density at radius 2 is 1.84 bits per heavy atom. The number of H-pyrrole nitrogens is 1. The van der Waals surface area contributed by atoms with Crippen molar-refractivity contribution in [2.75, 3.05) is 26.2 Å². The van der Waals surface area contributed by atoms with Crippen LogP contribution in [0, 0.1) is 18.6 Å². The molecule has 0 aliphatic carbocycles. The second kappa shape index (κ2) is 9.58. The summed E-state index contributed by atoms with van der Waals surface area (Å²) in [4.78, 5) is 17.3. The van der Waals surface area contributed by atoms with E-state index < -0.39 is 0 Å². The van der Waals surface area contributed by atoms with E-state index in [0.717, 1.165) is 49.7 Å². The number of benzene rings is 2. The number of nitrogens with zero attached hydrogens (tertiary/aromatic N) is 4. The molecule has 0 radical (unpaired) electrons. The van der Waals surface area contributed by atoms with Gasteiger partial charge in [-0.15, -0.1) is 0 Å². The maximum Gasteiger partial charge on any atom is 0.224 e. The van der Waals surface area contributed by atoms with Crippen LogP contribution in [-0.2, 0) is 17.9 Å². The number of nitrogens with one attached hydrogen (secondary N) is 1. The van der Waals surface area contributed by atoms with E-state index in [9.17, 15) is 4.79 Å². The van der Waals surface area contributed by atoms with Crippen LogP contribution in [0.5, 0.6) is 0 Å². The lowest BCUT2D eigenvalue weighted by molar-refractivity contribution is -0.133. The lowest BCUT2D eigenvalue weighted by Crippen LogP contribution is -2.48. The first-order chi connectivity index (χ1) is 15.0. The zero-order valence-electron chi connectivity index (χ0n) is 18.2. The Balaban J connectivity index is 1.33. The molecule has 7 heteroatoms. The molecule has 3 aromatic rings. The van der Waals surface area contributed by atoms with Crippen LogP contribution in [-0.4, -0.2) is 56.7 Å². The van der Waals surface area contributed by atoms with Gasteiger partial charge in [-0.2, -0.15) is 5.10 Å². The highest BCUT2D eigenvalue weighted by molar-refractivity contribution is 7.71. The Labute approximate surface area is 188 Å². The van der Waals surface area contributed by atoms with Crippen LogP contribution in [0.4, 0.5) is 0 Å². The van der Waals surface area contributed by atoms with Crippen LogP contribution < -0.4 is 0 Å². The van der Waals surface area contributed by atoms with E-state index in [4.69, 9.17) is 12.2 Å². The number of hydrogen-bond acceptors (Lipinski definition) is 4. The summed E-state index contributed by atoms with van der Waals surface area (Å²) in [5.41, 5.74) is 4.85. The topological polar surface area (TPSA) is 57.2 Å². The van der Waals surface area contributed by atoms with Crippen molar-refractivity contribution in [1.29, 1.82) is 0 Å². The van der Waals surface area contributed by atoms with Gasteiger partial charge in [-0.1, -0.05) is 48.0 Å². The molecule has 2 aromatic carbocycles. The summed E-state index contributed by atoms with van der Waals surface area (Å²) < 4.78 is 2.48. The van der Waals surface area contributed by atoms with Gasteiger partial charge in [-0.05, 0) is 43.3 Å². The molecule has 0 unspecified atom stereocenters. The Bertz CT molecular complexity index is 1110. The van der Waals surface area contributed by atoms with Crippen LogP contribution >= 0.6 is 12.2 Å². The summed E-state index contributed by atoms with van der Waals surface area (Å²) in [5, 5.41) is 7.26. The Morgan fingerprint density at radius 3 is 2.58 bits per heavy atom. The van der Waals surface area contributed by atoms with Crippen molar-refractivity contribution < 1.29 is 4.79 Å². The van der Waals surface area contributed by atoms with Crippen molar-refractivity contribution in [2.24, 2.45) is 0 Å². The molecule has 1 fully saturated rings. The molecule has 1 aliphatic rings. The molecule has 1 N–H and O–H groups in total. The van der Waals surface area contributed by atoms with Gasteiger partial charge >= 0.3 is 0 Å². The number of aryl methyl sites for hydroxylation is 2. The van der Waals surface area contributed by atoms with Gasteiger partial charge in [0.15, 0.2) is 10.6 Å². The van der Waals surface area contributed by atoms with E-state index >= 15 is 0 Å². The lowest BCUT2D eigenvalue weighted by atomic mass is 10.1. The third kappa shape index (κ3) is 5.11. The summed E-state index contributed by atoms with van der Waals surface area (Å²) in [6.07, 6.45) is 0.421. The van der Waals surface area contributed by atoms with E-state index in [1.807, 2.05) is 21.6 Å². The average molecular weight is 436 g/mol. The predicted molar refractivity (Wildman–Crippen MR) is 125 cm³/mol. The van der Waals surface area contributed by atoms with Gasteiger partial charge in [-0.25, -0.2) is 0 Å². The van der Waals surface area contributed by atoms with Gasteiger partial charge in [0.05, 0.1) is 0 Å². The third-order valence-electron chi connectivity index (χ3n) is 5.96. The van der Waals surface area contributed by atoms with Gasteiger partial charge in [0, 0.05) is 51.3 Å². The molecular formula is C24H29N5OS. The number of aromatic nitrogens is 3. The number of carbonyl (C=O) groups excluding carboxylic acids is 1. The van der Waals surface area contributed by atoms with Crippen LogP contribution in [0.3, 0.4) is 0 Å². The molecule has 0 spiro atoms. The van der Waals surface area contributed by atoms with E-state index in [-0.39, 0.29) is 5.91 Å². The number of aromatic amines is 1. The van der Waals surface area contributed by atoms with Crippen LogP contribution in [0.15, 0.2) is 48.5 Å². The summed E-state index contributed by atoms with van der Waals surface area (Å²) in [5.74, 6) is 0.957. The Kier molecular flexibility index (Phi) is 6.63. The largest absolute Gasteiger partial charge is 0.340 e. The quantitative estimate of drug-likeness (QED) is 0.596. The van der Waals surface area contributed by atoms with Gasteiger partial charge in [-0.3, -0.25) is 19.4 Å². The van der Waals surface area contributed by atoms with Crippen molar-refractivity contribution in [3.8, 4) is 11.4 Å². The molecule has 0 bridgehead atoms. The zero-order valence-corrected chi connectivity index (χ0v) is 19.0. The first kappa shape index (κ1) is 21.5. The molecule has 4 rings (SSSR count). The first-order valence-corrected chi connectivity index (χ1v) is 11.2. The molecule has 0 atom stereocenters. The molecule has 31 heavy (non-hydrogen) atoms. The highest BCUT2D eigenvalue weighted by Crippen LogP contribution is 2.19. The number of piperazine rings is 1. The number of amides is 1. The van der Waals surface area contributed by atoms with Gasteiger partial charge in [0.25, 0.3) is 0 Å². The fourth-order valence-electron chi connectivity index (χ4n) is 4.08. The van der Waals surface area contributed by atoms with Gasteiger partial charge in [0.2, 0.25) is 5.91 Å². The van der Waals surface area contributed by atoms with E-state index in [1.54, 1.807) is 0 Å². The monoisotopic (exact) mass is 435 g/mol. The molecule has 2 heterocycles. The third-order valence-corrected chi connectivity index (χ3v) is 6.28. The van der Waals surface area contributed by atoms with E-state index in [1.165, 1.54) is 11.1 Å². The van der Waals surface area contributed by atoms with E-state index in [2.05, 4.69) is 65.3 Å². The van der Waals surface area contributed by atoms with Crippen molar-refractivity contribution >= 4 is 18.1 Å². The molecule has 1 amide bonds. The van der Waals surface area contributed by atoms with Crippen molar-refractivity contribution in [3.63, 3.8) is 0 Å². The van der Waals surface area contributed by atoms with Crippen LogP contribution in [0.25, 0.3) is 11.4 Å². The summed E-state index contributed by atoms with van der Waals surface area (Å²) >= 11 is 5.42. The van der Waals surface area contributed by atoms with Gasteiger partial charge < -0.3 is 4.90 Å². The summed E-state index contributed by atoms with van der Waals surface area (Å²) in [6.45, 7) is 9.02. The number of carbonyl (C=O) groups is 1. The average Bonchev–Trinajstić information content (AvgIpc) is 3.14. The lowest BCUT2D eigenvalue weighted by Gasteiger charge is -2.35. The molecule has 1 saturated heterocycles. The Hall–Kier alpha value is -2.77. The molecular weight excluding hydrogens is 406 g/mol. The van der Waals surface area contributed by atoms with E-state index in [0.29, 0.717) is 17.7 Å². The van der Waals surface area contributed by atoms with Crippen molar-refractivity contribution in [3.05, 3.63) is 70.0 Å². The summed E-state index contributed by atoms with van der Waals surface area (Å²) in [6, 6.07) is 16.7.